The molecule has 1 aliphatic heterocycles. The molecule has 0 saturated carbocycles. The molecule has 1 unspecified atom stereocenters. The second kappa shape index (κ2) is 12.9. The molecule has 0 aliphatic carbocycles. The molecule has 30 heavy (non-hydrogen) atoms. The van der Waals surface area contributed by atoms with E-state index in [4.69, 9.17) is 4.74 Å². The minimum absolute atomic E-state index is 0. The lowest BCUT2D eigenvalue weighted by Crippen LogP contribution is -2.40. The van der Waals surface area contributed by atoms with Gasteiger partial charge in [0.2, 0.25) is 0 Å². The number of nitrogens with one attached hydrogen (secondary N) is 2. The third-order valence-electron chi connectivity index (χ3n) is 4.89. The maximum Gasteiger partial charge on any atom is 0.191 e. The minimum Gasteiger partial charge on any atom is -0.376 e. The van der Waals surface area contributed by atoms with E-state index in [1.54, 1.807) is 12.1 Å². The molecule has 1 atom stereocenters. The number of halogens is 2. The molecule has 0 bridgehead atoms. The fourth-order valence-corrected chi connectivity index (χ4v) is 3.45. The molecule has 2 aromatic rings. The molecule has 0 radical (unpaired) electrons. The zero-order chi connectivity index (χ0) is 20.5. The van der Waals surface area contributed by atoms with Crippen LogP contribution in [0.5, 0.6) is 0 Å². The molecule has 0 aromatic heterocycles. The Morgan fingerprint density at radius 3 is 2.73 bits per heavy atom. The molecule has 2 aromatic carbocycles. The van der Waals surface area contributed by atoms with Crippen molar-refractivity contribution in [2.45, 2.75) is 39.6 Å². The summed E-state index contributed by atoms with van der Waals surface area (Å²) in [5.74, 6) is 0.476. The molecular formula is C23H32FIN4O. The molecule has 3 rings (SSSR count). The Kier molecular flexibility index (Phi) is 10.5. The van der Waals surface area contributed by atoms with Gasteiger partial charge < -0.3 is 15.4 Å². The average Bonchev–Trinajstić information content (AvgIpc) is 2.71. The monoisotopic (exact) mass is 526 g/mol. The van der Waals surface area contributed by atoms with Crippen molar-refractivity contribution in [1.29, 1.82) is 0 Å². The van der Waals surface area contributed by atoms with Gasteiger partial charge in [-0.15, -0.1) is 24.0 Å². The predicted molar refractivity (Wildman–Crippen MR) is 131 cm³/mol. The lowest BCUT2D eigenvalue weighted by atomic mass is 10.1. The van der Waals surface area contributed by atoms with E-state index in [9.17, 15) is 4.39 Å². The molecule has 1 saturated heterocycles. The molecule has 5 nitrogen and oxygen atoms in total. The molecular weight excluding hydrogens is 494 g/mol. The van der Waals surface area contributed by atoms with Gasteiger partial charge in [0, 0.05) is 38.3 Å². The summed E-state index contributed by atoms with van der Waals surface area (Å²) < 4.78 is 19.4. The Morgan fingerprint density at radius 1 is 1.17 bits per heavy atom. The van der Waals surface area contributed by atoms with Gasteiger partial charge in [0.05, 0.1) is 19.3 Å². The number of aliphatic imine (C=N–C) groups is 1. The minimum atomic E-state index is -0.207. The smallest absolute Gasteiger partial charge is 0.191 e. The third kappa shape index (κ3) is 7.85. The number of hydrogen-bond donors (Lipinski definition) is 2. The van der Waals surface area contributed by atoms with Gasteiger partial charge in [-0.25, -0.2) is 9.38 Å². The summed E-state index contributed by atoms with van der Waals surface area (Å²) in [6, 6.07) is 15.3. The quantitative estimate of drug-likeness (QED) is 0.327. The molecule has 164 valence electrons. The van der Waals surface area contributed by atoms with E-state index in [2.05, 4.69) is 51.7 Å². The SMILES string of the molecule is CCNC(=NCc1cccc(CN2CCOC(C)C2)c1)NCc1ccccc1F.I. The normalized spacial score (nSPS) is 17.3. The molecule has 1 heterocycles. The van der Waals surface area contributed by atoms with Gasteiger partial charge in [-0.3, -0.25) is 4.90 Å². The third-order valence-corrected chi connectivity index (χ3v) is 4.89. The van der Waals surface area contributed by atoms with Gasteiger partial charge in [-0.2, -0.15) is 0 Å². The second-order valence-corrected chi connectivity index (χ2v) is 7.38. The number of rotatable bonds is 7. The largest absolute Gasteiger partial charge is 0.376 e. The van der Waals surface area contributed by atoms with Crippen molar-refractivity contribution in [3.05, 3.63) is 71.0 Å². The van der Waals surface area contributed by atoms with Gasteiger partial charge in [0.25, 0.3) is 0 Å². The first kappa shape index (κ1) is 24.6. The van der Waals surface area contributed by atoms with E-state index < -0.39 is 0 Å². The number of benzene rings is 2. The molecule has 0 amide bonds. The van der Waals surface area contributed by atoms with Gasteiger partial charge >= 0.3 is 0 Å². The Balaban J connectivity index is 0.00000320. The van der Waals surface area contributed by atoms with E-state index in [1.165, 1.54) is 11.6 Å². The lowest BCUT2D eigenvalue weighted by Gasteiger charge is -2.31. The number of nitrogens with zero attached hydrogens (tertiary/aromatic N) is 2. The van der Waals surface area contributed by atoms with Crippen molar-refractivity contribution in [3.8, 4) is 0 Å². The van der Waals surface area contributed by atoms with Crippen molar-refractivity contribution >= 4 is 29.9 Å². The molecule has 1 fully saturated rings. The zero-order valence-corrected chi connectivity index (χ0v) is 20.1. The fourth-order valence-electron chi connectivity index (χ4n) is 3.45. The second-order valence-electron chi connectivity index (χ2n) is 7.38. The Labute approximate surface area is 196 Å². The van der Waals surface area contributed by atoms with Crippen LogP contribution in [0.1, 0.15) is 30.5 Å². The van der Waals surface area contributed by atoms with E-state index in [0.29, 0.717) is 30.7 Å². The van der Waals surface area contributed by atoms with E-state index in [1.807, 2.05) is 13.0 Å². The molecule has 7 heteroatoms. The van der Waals surface area contributed by atoms with Crippen LogP contribution < -0.4 is 10.6 Å². The summed E-state index contributed by atoms with van der Waals surface area (Å²) in [7, 11) is 0. The van der Waals surface area contributed by atoms with Crippen molar-refractivity contribution in [2.24, 2.45) is 4.99 Å². The summed E-state index contributed by atoms with van der Waals surface area (Å²) in [6.07, 6.45) is 0.291. The fraction of sp³-hybridized carbons (Fsp3) is 0.435. The van der Waals surface area contributed by atoms with Crippen LogP contribution in [0.3, 0.4) is 0 Å². The molecule has 0 spiro atoms. The van der Waals surface area contributed by atoms with Crippen LogP contribution in [0.2, 0.25) is 0 Å². The zero-order valence-electron chi connectivity index (χ0n) is 17.7. The highest BCUT2D eigenvalue weighted by molar-refractivity contribution is 14.0. The maximum absolute atomic E-state index is 13.8. The van der Waals surface area contributed by atoms with Crippen LogP contribution in [-0.4, -0.2) is 43.2 Å². The number of morpholine rings is 1. The Morgan fingerprint density at radius 2 is 1.97 bits per heavy atom. The van der Waals surface area contributed by atoms with E-state index >= 15 is 0 Å². The standard InChI is InChI=1S/C23H31FN4O.HI/c1-3-25-23(27-15-21-9-4-5-10-22(21)24)26-14-19-7-6-8-20(13-19)17-28-11-12-29-18(2)16-28;/h4-10,13,18H,3,11-12,14-17H2,1-2H3,(H2,25,26,27);1H. The summed E-state index contributed by atoms with van der Waals surface area (Å²) in [6.45, 7) is 9.51. The van der Waals surface area contributed by atoms with Gasteiger partial charge in [0.15, 0.2) is 5.96 Å². The van der Waals surface area contributed by atoms with E-state index in [0.717, 1.165) is 38.3 Å². The van der Waals surface area contributed by atoms with Gasteiger partial charge in [-0.05, 0) is 31.0 Å². The summed E-state index contributed by atoms with van der Waals surface area (Å²) >= 11 is 0. The topological polar surface area (TPSA) is 48.9 Å². The first-order valence-electron chi connectivity index (χ1n) is 10.3. The van der Waals surface area contributed by atoms with Crippen molar-refractivity contribution in [1.82, 2.24) is 15.5 Å². The predicted octanol–water partition coefficient (Wildman–Crippen LogP) is 3.92. The van der Waals surface area contributed by atoms with Crippen LogP contribution >= 0.6 is 24.0 Å². The number of hydrogen-bond acceptors (Lipinski definition) is 3. The molecule has 2 N–H and O–H groups in total. The highest BCUT2D eigenvalue weighted by Gasteiger charge is 2.16. The van der Waals surface area contributed by atoms with Crippen LogP contribution in [0.4, 0.5) is 4.39 Å². The summed E-state index contributed by atoms with van der Waals surface area (Å²) in [5.41, 5.74) is 3.07. The van der Waals surface area contributed by atoms with Gasteiger partial charge in [0.1, 0.15) is 5.82 Å². The lowest BCUT2D eigenvalue weighted by molar-refractivity contribution is -0.0212. The Hall–Kier alpha value is -1.71. The van der Waals surface area contributed by atoms with Crippen molar-refractivity contribution in [2.75, 3.05) is 26.2 Å². The maximum atomic E-state index is 13.8. The highest BCUT2D eigenvalue weighted by Crippen LogP contribution is 2.13. The first-order chi connectivity index (χ1) is 14.1. The van der Waals surface area contributed by atoms with E-state index in [-0.39, 0.29) is 29.8 Å². The van der Waals surface area contributed by atoms with Crippen LogP contribution in [-0.2, 0) is 24.4 Å². The number of guanidine groups is 1. The Bertz CT molecular complexity index is 817. The highest BCUT2D eigenvalue weighted by atomic mass is 127. The summed E-state index contributed by atoms with van der Waals surface area (Å²) in [4.78, 5) is 7.09. The molecule has 1 aliphatic rings. The van der Waals surface area contributed by atoms with Crippen LogP contribution in [0.15, 0.2) is 53.5 Å². The number of ether oxygens (including phenoxy) is 1. The van der Waals surface area contributed by atoms with Crippen LogP contribution in [0.25, 0.3) is 0 Å². The van der Waals surface area contributed by atoms with Gasteiger partial charge in [-0.1, -0.05) is 42.5 Å². The van der Waals surface area contributed by atoms with Crippen LogP contribution in [0, 0.1) is 5.82 Å². The average molecular weight is 526 g/mol. The van der Waals surface area contributed by atoms with Crippen molar-refractivity contribution < 1.29 is 9.13 Å². The first-order valence-corrected chi connectivity index (χ1v) is 10.3. The van der Waals surface area contributed by atoms with Crippen molar-refractivity contribution in [3.63, 3.8) is 0 Å². The summed E-state index contributed by atoms with van der Waals surface area (Å²) in [5, 5.41) is 6.43.